The van der Waals surface area contributed by atoms with Gasteiger partial charge in [-0.2, -0.15) is 0 Å². The molecule has 1 fully saturated rings. The molecule has 0 saturated carbocycles. The van der Waals surface area contributed by atoms with Crippen molar-refractivity contribution in [3.63, 3.8) is 0 Å². The highest BCUT2D eigenvalue weighted by molar-refractivity contribution is 5.42. The molecule has 1 aromatic carbocycles. The molecule has 3 nitrogen and oxygen atoms in total. The number of nitrogen functional groups attached to an aromatic ring is 1. The van der Waals surface area contributed by atoms with Crippen molar-refractivity contribution in [2.24, 2.45) is 0 Å². The molecule has 3 heteroatoms. The molecule has 82 valence electrons. The normalized spacial score (nSPS) is 21.5. The summed E-state index contributed by atoms with van der Waals surface area (Å²) in [5.41, 5.74) is 6.73. The Morgan fingerprint density at radius 2 is 2.00 bits per heavy atom. The van der Waals surface area contributed by atoms with Crippen LogP contribution in [-0.4, -0.2) is 30.1 Å². The highest BCUT2D eigenvalue weighted by Gasteiger charge is 2.32. The van der Waals surface area contributed by atoms with Gasteiger partial charge in [0.05, 0.1) is 5.60 Å². The Balaban J connectivity index is 2.22. The van der Waals surface area contributed by atoms with E-state index in [2.05, 4.69) is 11.9 Å². The molecular formula is C12H18N2O. The average Bonchev–Trinajstić information content (AvgIpc) is 2.23. The van der Waals surface area contributed by atoms with Gasteiger partial charge in [0.15, 0.2) is 0 Å². The van der Waals surface area contributed by atoms with E-state index in [1.54, 1.807) is 0 Å². The van der Waals surface area contributed by atoms with Crippen molar-refractivity contribution in [2.75, 3.05) is 25.9 Å². The SMILES string of the molecule is CN1CCC(O)(c2cccc(N)c2)CC1. The van der Waals surface area contributed by atoms with Crippen LogP contribution in [0, 0.1) is 0 Å². The highest BCUT2D eigenvalue weighted by atomic mass is 16.3. The highest BCUT2D eigenvalue weighted by Crippen LogP contribution is 2.32. The zero-order valence-corrected chi connectivity index (χ0v) is 9.11. The monoisotopic (exact) mass is 206 g/mol. The molecule has 0 bridgehead atoms. The van der Waals surface area contributed by atoms with Gasteiger partial charge in [-0.15, -0.1) is 0 Å². The molecule has 1 saturated heterocycles. The van der Waals surface area contributed by atoms with E-state index in [1.165, 1.54) is 0 Å². The smallest absolute Gasteiger partial charge is 0.0921 e. The lowest BCUT2D eigenvalue weighted by atomic mass is 9.84. The van der Waals surface area contributed by atoms with Crippen molar-refractivity contribution >= 4 is 5.69 Å². The molecule has 0 amide bonds. The number of hydrogen-bond donors (Lipinski definition) is 2. The molecule has 0 atom stereocenters. The largest absolute Gasteiger partial charge is 0.399 e. The van der Waals surface area contributed by atoms with Gasteiger partial charge in [-0.1, -0.05) is 12.1 Å². The number of hydrogen-bond acceptors (Lipinski definition) is 3. The zero-order valence-electron chi connectivity index (χ0n) is 9.11. The molecule has 1 heterocycles. The van der Waals surface area contributed by atoms with E-state index in [1.807, 2.05) is 24.3 Å². The summed E-state index contributed by atoms with van der Waals surface area (Å²) in [5, 5.41) is 10.5. The fourth-order valence-corrected chi connectivity index (χ4v) is 2.11. The van der Waals surface area contributed by atoms with Gasteiger partial charge >= 0.3 is 0 Å². The maximum atomic E-state index is 10.5. The number of rotatable bonds is 1. The van der Waals surface area contributed by atoms with Crippen molar-refractivity contribution in [3.8, 4) is 0 Å². The average molecular weight is 206 g/mol. The molecular weight excluding hydrogens is 188 g/mol. The zero-order chi connectivity index (χ0) is 10.9. The van der Waals surface area contributed by atoms with Crippen LogP contribution in [0.5, 0.6) is 0 Å². The van der Waals surface area contributed by atoms with Crippen LogP contribution in [0.4, 0.5) is 5.69 Å². The van der Waals surface area contributed by atoms with Crippen molar-refractivity contribution in [1.29, 1.82) is 0 Å². The van der Waals surface area contributed by atoms with Crippen molar-refractivity contribution in [3.05, 3.63) is 29.8 Å². The van der Waals surface area contributed by atoms with Gasteiger partial charge in [0.25, 0.3) is 0 Å². The Labute approximate surface area is 90.5 Å². The number of nitrogens with two attached hydrogens (primary N) is 1. The number of likely N-dealkylation sites (tertiary alicyclic amines) is 1. The van der Waals surface area contributed by atoms with Gasteiger partial charge in [-0.05, 0) is 37.6 Å². The van der Waals surface area contributed by atoms with E-state index in [-0.39, 0.29) is 0 Å². The molecule has 2 rings (SSSR count). The molecule has 15 heavy (non-hydrogen) atoms. The Bertz CT molecular complexity index is 343. The predicted octanol–water partition coefficient (Wildman–Crippen LogP) is 1.18. The molecule has 0 unspecified atom stereocenters. The third kappa shape index (κ3) is 2.13. The van der Waals surface area contributed by atoms with E-state index in [9.17, 15) is 5.11 Å². The third-order valence-corrected chi connectivity index (χ3v) is 3.24. The van der Waals surface area contributed by atoms with Crippen LogP contribution in [0.15, 0.2) is 24.3 Å². The second-order valence-electron chi connectivity index (χ2n) is 4.46. The van der Waals surface area contributed by atoms with Crippen molar-refractivity contribution in [2.45, 2.75) is 18.4 Å². The summed E-state index contributed by atoms with van der Waals surface area (Å²) in [6, 6.07) is 7.59. The Morgan fingerprint density at radius 1 is 1.33 bits per heavy atom. The fourth-order valence-electron chi connectivity index (χ4n) is 2.11. The lowest BCUT2D eigenvalue weighted by molar-refractivity contribution is -0.0202. The first kappa shape index (κ1) is 10.5. The summed E-state index contributed by atoms with van der Waals surface area (Å²) in [7, 11) is 2.08. The molecule has 0 aromatic heterocycles. The van der Waals surface area contributed by atoms with E-state index in [0.717, 1.165) is 37.2 Å². The van der Waals surface area contributed by atoms with E-state index >= 15 is 0 Å². The minimum atomic E-state index is -0.679. The Hall–Kier alpha value is -1.06. The Kier molecular flexibility index (Phi) is 2.67. The van der Waals surface area contributed by atoms with E-state index in [0.29, 0.717) is 0 Å². The Morgan fingerprint density at radius 3 is 2.60 bits per heavy atom. The van der Waals surface area contributed by atoms with Gasteiger partial charge < -0.3 is 15.7 Å². The first-order valence-corrected chi connectivity index (χ1v) is 5.37. The minimum Gasteiger partial charge on any atom is -0.399 e. The molecule has 3 N–H and O–H groups in total. The number of aliphatic hydroxyl groups is 1. The number of anilines is 1. The topological polar surface area (TPSA) is 49.5 Å². The quantitative estimate of drug-likeness (QED) is 0.678. The second-order valence-corrected chi connectivity index (χ2v) is 4.46. The maximum absolute atomic E-state index is 10.5. The summed E-state index contributed by atoms with van der Waals surface area (Å²) < 4.78 is 0. The van der Waals surface area contributed by atoms with Gasteiger partial charge in [-0.25, -0.2) is 0 Å². The molecule has 1 aliphatic heterocycles. The third-order valence-electron chi connectivity index (χ3n) is 3.24. The van der Waals surface area contributed by atoms with Crippen molar-refractivity contribution in [1.82, 2.24) is 4.90 Å². The molecule has 0 spiro atoms. The second kappa shape index (κ2) is 3.83. The molecule has 1 aromatic rings. The summed E-state index contributed by atoms with van der Waals surface area (Å²) >= 11 is 0. The maximum Gasteiger partial charge on any atom is 0.0921 e. The van der Waals surface area contributed by atoms with Crippen LogP contribution >= 0.6 is 0 Å². The number of piperidine rings is 1. The molecule has 1 aliphatic rings. The van der Waals surface area contributed by atoms with E-state index in [4.69, 9.17) is 5.73 Å². The number of nitrogens with zero attached hydrogens (tertiary/aromatic N) is 1. The lowest BCUT2D eigenvalue weighted by Gasteiger charge is -2.37. The number of benzene rings is 1. The van der Waals surface area contributed by atoms with Crippen molar-refractivity contribution < 1.29 is 5.11 Å². The van der Waals surface area contributed by atoms with Crippen LogP contribution in [0.2, 0.25) is 0 Å². The van der Waals surface area contributed by atoms with E-state index < -0.39 is 5.60 Å². The van der Waals surface area contributed by atoms with Crippen LogP contribution in [0.25, 0.3) is 0 Å². The van der Waals surface area contributed by atoms with Gasteiger partial charge in [0.1, 0.15) is 0 Å². The van der Waals surface area contributed by atoms with Gasteiger partial charge in [0.2, 0.25) is 0 Å². The van der Waals surface area contributed by atoms with Crippen LogP contribution < -0.4 is 5.73 Å². The lowest BCUT2D eigenvalue weighted by Crippen LogP contribution is -2.40. The van der Waals surface area contributed by atoms with Gasteiger partial charge in [0, 0.05) is 18.8 Å². The predicted molar refractivity (Wildman–Crippen MR) is 61.5 cm³/mol. The van der Waals surface area contributed by atoms with Crippen LogP contribution in [0.1, 0.15) is 18.4 Å². The standard InChI is InChI=1S/C12H18N2O/c1-14-7-5-12(15,6-8-14)10-3-2-4-11(13)9-10/h2-4,9,15H,5-8,13H2,1H3. The summed E-state index contributed by atoms with van der Waals surface area (Å²) in [6.45, 7) is 1.87. The first-order valence-electron chi connectivity index (χ1n) is 5.37. The van der Waals surface area contributed by atoms with Crippen LogP contribution in [0.3, 0.4) is 0 Å². The van der Waals surface area contributed by atoms with Crippen LogP contribution in [-0.2, 0) is 5.60 Å². The first-order chi connectivity index (χ1) is 7.10. The summed E-state index contributed by atoms with van der Waals surface area (Å²) in [6.07, 6.45) is 1.57. The van der Waals surface area contributed by atoms with Gasteiger partial charge in [-0.3, -0.25) is 0 Å². The summed E-state index contributed by atoms with van der Waals surface area (Å²) in [4.78, 5) is 2.24. The molecule has 0 radical (unpaired) electrons. The fraction of sp³-hybridized carbons (Fsp3) is 0.500. The molecule has 0 aliphatic carbocycles. The summed E-state index contributed by atoms with van der Waals surface area (Å²) in [5.74, 6) is 0. The minimum absolute atomic E-state index is 0.679.